The highest BCUT2D eigenvalue weighted by molar-refractivity contribution is 7.98. The van der Waals surface area contributed by atoms with Gasteiger partial charge in [0.05, 0.1) is 42.1 Å². The van der Waals surface area contributed by atoms with Gasteiger partial charge in [-0.2, -0.15) is 18.4 Å². The van der Waals surface area contributed by atoms with E-state index in [1.165, 1.54) is 55.1 Å². The van der Waals surface area contributed by atoms with Crippen molar-refractivity contribution in [2.75, 3.05) is 18.3 Å². The lowest BCUT2D eigenvalue weighted by Gasteiger charge is -2.43. The van der Waals surface area contributed by atoms with Crippen LogP contribution in [-0.2, 0) is 22.3 Å². The van der Waals surface area contributed by atoms with Crippen molar-refractivity contribution in [2.24, 2.45) is 0 Å². The number of carbonyl (C=O) groups is 2. The summed E-state index contributed by atoms with van der Waals surface area (Å²) in [7, 11) is 1.14. The van der Waals surface area contributed by atoms with Crippen LogP contribution in [0, 0.1) is 16.7 Å². The first-order chi connectivity index (χ1) is 20.0. The van der Waals surface area contributed by atoms with E-state index in [9.17, 15) is 28.0 Å². The lowest BCUT2D eigenvalue weighted by Crippen LogP contribution is -2.56. The molecule has 9 nitrogen and oxygen atoms in total. The normalized spacial score (nSPS) is 15.4. The number of rotatable bonds is 6. The Morgan fingerprint density at radius 2 is 1.88 bits per heavy atom. The molecule has 42 heavy (non-hydrogen) atoms. The summed E-state index contributed by atoms with van der Waals surface area (Å²) in [6.45, 7) is 1.43. The van der Waals surface area contributed by atoms with Crippen LogP contribution >= 0.6 is 11.8 Å². The predicted octanol–water partition coefficient (Wildman–Crippen LogP) is 5.85. The maximum atomic E-state index is 13.8. The molecular weight excluding hydrogens is 569 g/mol. The summed E-state index contributed by atoms with van der Waals surface area (Å²) in [6, 6.07) is 13.9. The molecule has 0 bridgehead atoms. The number of alkyl halides is 3. The van der Waals surface area contributed by atoms with Gasteiger partial charge in [-0.05, 0) is 61.2 Å². The number of guanidine groups is 1. The number of hydrogen-bond acceptors (Lipinski definition) is 7. The number of amides is 2. The minimum Gasteiger partial charge on any atom is -0.466 e. The monoisotopic (exact) mass is 594 g/mol. The number of aromatic nitrogens is 1. The third-order valence-electron chi connectivity index (χ3n) is 6.56. The number of ether oxygens (including phenoxy) is 1. The molecule has 0 radical (unpaired) electrons. The van der Waals surface area contributed by atoms with Crippen LogP contribution in [0.2, 0.25) is 0 Å². The van der Waals surface area contributed by atoms with Crippen LogP contribution in [0.3, 0.4) is 0 Å². The molecule has 3 aromatic rings. The van der Waals surface area contributed by atoms with Crippen molar-refractivity contribution in [3.05, 3.63) is 101 Å². The van der Waals surface area contributed by atoms with Gasteiger partial charge in [0.15, 0.2) is 0 Å². The van der Waals surface area contributed by atoms with Crippen molar-refractivity contribution >= 4 is 35.4 Å². The maximum absolute atomic E-state index is 13.8. The average molecular weight is 595 g/mol. The molecular formula is C29H25F3N6O3S. The molecule has 2 N–H and O–H groups in total. The molecule has 1 atom stereocenters. The molecule has 0 saturated heterocycles. The van der Waals surface area contributed by atoms with Gasteiger partial charge in [-0.1, -0.05) is 18.2 Å². The van der Waals surface area contributed by atoms with Crippen molar-refractivity contribution in [1.82, 2.24) is 15.2 Å². The van der Waals surface area contributed by atoms with Gasteiger partial charge in [0, 0.05) is 22.5 Å². The minimum absolute atomic E-state index is 0.0306. The first-order valence-corrected chi connectivity index (χ1v) is 13.6. The molecule has 1 aliphatic rings. The summed E-state index contributed by atoms with van der Waals surface area (Å²) < 4.78 is 45.8. The van der Waals surface area contributed by atoms with Gasteiger partial charge >= 0.3 is 18.2 Å². The van der Waals surface area contributed by atoms with Gasteiger partial charge in [0.2, 0.25) is 5.96 Å². The molecule has 1 aliphatic heterocycles. The average Bonchev–Trinajstić information content (AvgIpc) is 2.99. The highest BCUT2D eigenvalue weighted by Gasteiger charge is 2.44. The number of urea groups is 1. The molecule has 0 spiro atoms. The maximum Gasteiger partial charge on any atom is 0.416 e. The van der Waals surface area contributed by atoms with Gasteiger partial charge in [-0.25, -0.2) is 9.59 Å². The fourth-order valence-electron chi connectivity index (χ4n) is 4.50. The zero-order valence-corrected chi connectivity index (χ0v) is 23.5. The topological polar surface area (TPSA) is 122 Å². The summed E-state index contributed by atoms with van der Waals surface area (Å²) in [5.41, 5.74) is 0.191. The van der Waals surface area contributed by atoms with Crippen molar-refractivity contribution in [3.8, 4) is 6.07 Å². The van der Waals surface area contributed by atoms with E-state index in [2.05, 4.69) is 10.3 Å². The van der Waals surface area contributed by atoms with E-state index in [-0.39, 0.29) is 23.5 Å². The molecule has 0 aliphatic carbocycles. The van der Waals surface area contributed by atoms with E-state index in [0.717, 1.165) is 33.9 Å². The van der Waals surface area contributed by atoms with E-state index in [0.29, 0.717) is 16.8 Å². The summed E-state index contributed by atoms with van der Waals surface area (Å²) in [5.74, 6) is -1.35. The number of nitrogens with one attached hydrogen (secondary N) is 2. The van der Waals surface area contributed by atoms with E-state index in [1.807, 2.05) is 18.4 Å². The van der Waals surface area contributed by atoms with Gasteiger partial charge in [-0.3, -0.25) is 20.2 Å². The Morgan fingerprint density at radius 1 is 1.17 bits per heavy atom. The lowest BCUT2D eigenvalue weighted by atomic mass is 9.92. The molecule has 4 rings (SSSR count). The van der Waals surface area contributed by atoms with Crippen LogP contribution in [0.1, 0.15) is 35.3 Å². The fraction of sp³-hybridized carbons (Fsp3) is 0.207. The number of anilines is 1. The quantitative estimate of drug-likeness (QED) is 0.271. The van der Waals surface area contributed by atoms with Crippen LogP contribution in [0.5, 0.6) is 0 Å². The number of benzene rings is 2. The van der Waals surface area contributed by atoms with Crippen LogP contribution in [0.4, 0.5) is 23.7 Å². The standard InChI is InChI=1S/C29H25F3N6O3S/c1-17-24(26(39)41-2)25(19-9-7-18(14-33)8-10-19)38(28(40)36-15-21-11-12-23(42-3)16-35-21)27(34)37(17)22-6-4-5-20(13-22)29(30,31)32/h4-13,16,25,34H,15H2,1-3H3,(H,36,40). The zero-order valence-electron chi connectivity index (χ0n) is 22.7. The van der Waals surface area contributed by atoms with E-state index < -0.39 is 35.7 Å². The van der Waals surface area contributed by atoms with Crippen molar-refractivity contribution in [3.63, 3.8) is 0 Å². The number of hydrogen-bond donors (Lipinski definition) is 2. The Labute approximate surface area is 244 Å². The molecule has 2 heterocycles. The molecule has 216 valence electrons. The minimum atomic E-state index is -4.67. The van der Waals surface area contributed by atoms with E-state index >= 15 is 0 Å². The summed E-state index contributed by atoms with van der Waals surface area (Å²) in [6.07, 6.45) is -1.13. The Hall–Kier alpha value is -4.83. The molecule has 0 fully saturated rings. The molecule has 2 amide bonds. The van der Waals surface area contributed by atoms with Gasteiger partial charge in [0.1, 0.15) is 6.04 Å². The number of allylic oxidation sites excluding steroid dienone is 1. The van der Waals surface area contributed by atoms with Gasteiger partial charge in [0.25, 0.3) is 0 Å². The van der Waals surface area contributed by atoms with Crippen LogP contribution in [0.15, 0.2) is 83.0 Å². The SMILES string of the molecule is COC(=O)C1=C(C)N(c2cccc(C(F)(F)F)c2)C(=N)N(C(=O)NCc2ccc(SC)cn2)C1c1ccc(C#N)cc1. The largest absolute Gasteiger partial charge is 0.466 e. The van der Waals surface area contributed by atoms with Gasteiger partial charge in [-0.15, -0.1) is 11.8 Å². The van der Waals surface area contributed by atoms with Crippen molar-refractivity contribution < 1.29 is 27.5 Å². The number of esters is 1. The predicted molar refractivity (Wildman–Crippen MR) is 150 cm³/mol. The number of methoxy groups -OCH3 is 1. The van der Waals surface area contributed by atoms with Crippen molar-refractivity contribution in [1.29, 1.82) is 10.7 Å². The first kappa shape index (κ1) is 30.1. The number of halogens is 3. The summed E-state index contributed by atoms with van der Waals surface area (Å²) in [5, 5.41) is 21.0. The van der Waals surface area contributed by atoms with E-state index in [1.54, 1.807) is 12.3 Å². The third-order valence-corrected chi connectivity index (χ3v) is 7.28. The Balaban J connectivity index is 1.85. The fourth-order valence-corrected chi connectivity index (χ4v) is 4.86. The number of carbonyl (C=O) groups excluding carboxylic acids is 2. The Kier molecular flexibility index (Phi) is 8.87. The molecule has 13 heteroatoms. The van der Waals surface area contributed by atoms with E-state index in [4.69, 9.17) is 10.1 Å². The molecule has 1 unspecified atom stereocenters. The first-order valence-electron chi connectivity index (χ1n) is 12.4. The molecule has 1 aromatic heterocycles. The summed E-state index contributed by atoms with van der Waals surface area (Å²) >= 11 is 1.50. The van der Waals surface area contributed by atoms with Crippen molar-refractivity contribution in [2.45, 2.75) is 30.6 Å². The van der Waals surface area contributed by atoms with Gasteiger partial charge < -0.3 is 10.1 Å². The highest BCUT2D eigenvalue weighted by Crippen LogP contribution is 2.41. The Morgan fingerprint density at radius 3 is 2.45 bits per heavy atom. The van der Waals surface area contributed by atoms with Crippen LogP contribution in [-0.4, -0.2) is 41.2 Å². The zero-order chi connectivity index (χ0) is 30.6. The Bertz CT molecular complexity index is 1580. The molecule has 2 aromatic carbocycles. The second-order valence-corrected chi connectivity index (χ2v) is 9.93. The highest BCUT2D eigenvalue weighted by atomic mass is 32.2. The second kappa shape index (κ2) is 12.4. The van der Waals surface area contributed by atoms with Crippen LogP contribution < -0.4 is 10.2 Å². The smallest absolute Gasteiger partial charge is 0.416 e. The number of nitriles is 1. The molecule has 0 saturated carbocycles. The second-order valence-electron chi connectivity index (χ2n) is 9.05. The number of nitrogens with zero attached hydrogens (tertiary/aromatic N) is 4. The number of thioether (sulfide) groups is 1. The number of pyridine rings is 1. The summed E-state index contributed by atoms with van der Waals surface area (Å²) in [4.78, 5) is 34.3. The lowest BCUT2D eigenvalue weighted by molar-refractivity contribution is -0.138. The third kappa shape index (κ3) is 6.08. The van der Waals surface area contributed by atoms with Crippen LogP contribution in [0.25, 0.3) is 0 Å².